The Labute approximate surface area is 160 Å². The van der Waals surface area contributed by atoms with Crippen molar-refractivity contribution in [3.63, 3.8) is 0 Å². The van der Waals surface area contributed by atoms with E-state index >= 15 is 0 Å². The zero-order chi connectivity index (χ0) is 19.0. The van der Waals surface area contributed by atoms with Crippen molar-refractivity contribution >= 4 is 34.4 Å². The van der Waals surface area contributed by atoms with E-state index in [0.717, 1.165) is 17.1 Å². The fraction of sp³-hybridized carbons (Fsp3) is 0.167. The highest BCUT2D eigenvalue weighted by Gasteiger charge is 2.18. The van der Waals surface area contributed by atoms with E-state index in [4.69, 9.17) is 18.2 Å². The van der Waals surface area contributed by atoms with Crippen LogP contribution in [0.5, 0.6) is 0 Å². The molecule has 4 aromatic rings. The van der Waals surface area contributed by atoms with Gasteiger partial charge in [-0.1, -0.05) is 11.6 Å². The Morgan fingerprint density at radius 3 is 2.63 bits per heavy atom. The molecular formula is C18H15ClN8. The molecule has 0 aliphatic heterocycles. The molecule has 0 atom stereocenters. The van der Waals surface area contributed by atoms with Gasteiger partial charge in [0.15, 0.2) is 17.0 Å². The molecule has 0 unspecified atom stereocenters. The number of hydrogen-bond acceptors (Lipinski definition) is 5. The van der Waals surface area contributed by atoms with Crippen LogP contribution in [-0.4, -0.2) is 29.3 Å². The molecule has 0 spiro atoms. The monoisotopic (exact) mass is 378 g/mol. The van der Waals surface area contributed by atoms with Crippen molar-refractivity contribution < 1.29 is 0 Å². The number of nitrogens with zero attached hydrogens (tertiary/aromatic N) is 7. The van der Waals surface area contributed by atoms with Gasteiger partial charge in [0.25, 0.3) is 6.67 Å². The van der Waals surface area contributed by atoms with Crippen molar-refractivity contribution in [2.75, 3.05) is 5.32 Å². The third-order valence-electron chi connectivity index (χ3n) is 3.98. The summed E-state index contributed by atoms with van der Waals surface area (Å²) in [6, 6.07) is 9.22. The highest BCUT2D eigenvalue weighted by atomic mass is 35.5. The number of halogens is 1. The molecule has 0 saturated carbocycles. The third-order valence-corrected chi connectivity index (χ3v) is 4.23. The molecule has 4 rings (SSSR count). The molecule has 3 heterocycles. The molecule has 0 aliphatic carbocycles. The summed E-state index contributed by atoms with van der Waals surface area (Å²) in [6.07, 6.45) is 1.60. The van der Waals surface area contributed by atoms with Gasteiger partial charge in [-0.05, 0) is 44.2 Å². The van der Waals surface area contributed by atoms with E-state index in [1.54, 1.807) is 27.7 Å². The van der Waals surface area contributed by atoms with Crippen LogP contribution in [0, 0.1) is 20.4 Å². The van der Waals surface area contributed by atoms with E-state index in [2.05, 4.69) is 30.2 Å². The Kier molecular flexibility index (Phi) is 4.22. The van der Waals surface area contributed by atoms with Crippen molar-refractivity contribution in [3.8, 4) is 5.82 Å². The Bertz CT molecular complexity index is 1170. The van der Waals surface area contributed by atoms with Crippen LogP contribution in [0.3, 0.4) is 0 Å². The van der Waals surface area contributed by atoms with Gasteiger partial charge >= 0.3 is 0 Å². The zero-order valence-corrected chi connectivity index (χ0v) is 15.4. The second-order valence-corrected chi connectivity index (χ2v) is 6.46. The summed E-state index contributed by atoms with van der Waals surface area (Å²) in [7, 11) is 0. The predicted molar refractivity (Wildman–Crippen MR) is 103 cm³/mol. The Hall–Kier alpha value is -3.44. The molecule has 0 aliphatic rings. The first kappa shape index (κ1) is 17.0. The number of fused-ring (bicyclic) bond motifs is 1. The molecule has 0 fully saturated rings. The van der Waals surface area contributed by atoms with Crippen LogP contribution < -0.4 is 5.32 Å². The maximum Gasteiger partial charge on any atom is 0.295 e. The number of nitrogens with one attached hydrogen (secondary N) is 1. The number of imidazole rings is 1. The number of hydrogen-bond donors (Lipinski definition) is 1. The minimum atomic E-state index is 0.129. The molecule has 0 amide bonds. The van der Waals surface area contributed by atoms with E-state index in [0.29, 0.717) is 28.0 Å². The number of rotatable bonds is 4. The van der Waals surface area contributed by atoms with Crippen LogP contribution >= 0.6 is 11.6 Å². The first-order valence-corrected chi connectivity index (χ1v) is 8.55. The molecule has 1 aromatic carbocycles. The summed E-state index contributed by atoms with van der Waals surface area (Å²) in [5.41, 5.74) is 3.78. The Balaban J connectivity index is 1.89. The number of benzene rings is 1. The smallest absolute Gasteiger partial charge is 0.295 e. The SMILES string of the molecule is [C-]#[N+]Cn1cnc2c(-n3nc(C)cc3C)nc(Nc3ccc(Cl)cc3)nc21. The van der Waals surface area contributed by atoms with Crippen LogP contribution in [0.4, 0.5) is 11.6 Å². The van der Waals surface area contributed by atoms with E-state index in [1.807, 2.05) is 32.0 Å². The molecule has 27 heavy (non-hydrogen) atoms. The molecule has 134 valence electrons. The quantitative estimate of drug-likeness (QED) is 0.545. The molecule has 0 radical (unpaired) electrons. The van der Waals surface area contributed by atoms with E-state index in [9.17, 15) is 0 Å². The van der Waals surface area contributed by atoms with Gasteiger partial charge in [-0.2, -0.15) is 15.1 Å². The van der Waals surface area contributed by atoms with Crippen molar-refractivity contribution in [1.29, 1.82) is 0 Å². The van der Waals surface area contributed by atoms with Gasteiger partial charge in [0.1, 0.15) is 6.33 Å². The highest BCUT2D eigenvalue weighted by molar-refractivity contribution is 6.30. The summed E-state index contributed by atoms with van der Waals surface area (Å²) in [6.45, 7) is 11.2. The summed E-state index contributed by atoms with van der Waals surface area (Å²) in [5.74, 6) is 0.949. The lowest BCUT2D eigenvalue weighted by Gasteiger charge is -2.09. The normalized spacial score (nSPS) is 10.9. The molecule has 9 heteroatoms. The summed E-state index contributed by atoms with van der Waals surface area (Å²) in [5, 5.41) is 8.34. The molecule has 8 nitrogen and oxygen atoms in total. The average Bonchev–Trinajstić information content (AvgIpc) is 3.19. The first-order valence-electron chi connectivity index (χ1n) is 8.17. The van der Waals surface area contributed by atoms with Crippen molar-refractivity contribution in [2.45, 2.75) is 20.5 Å². The highest BCUT2D eigenvalue weighted by Crippen LogP contribution is 2.24. The predicted octanol–water partition coefficient (Wildman–Crippen LogP) is 3.90. The molecule has 0 saturated heterocycles. The lowest BCUT2D eigenvalue weighted by molar-refractivity contribution is 0.806. The van der Waals surface area contributed by atoms with Gasteiger partial charge in [-0.25, -0.2) is 20.8 Å². The van der Waals surface area contributed by atoms with E-state index in [-0.39, 0.29) is 6.67 Å². The molecule has 0 bridgehead atoms. The number of aromatic nitrogens is 6. The van der Waals surface area contributed by atoms with Gasteiger partial charge in [0, 0.05) is 16.4 Å². The fourth-order valence-electron chi connectivity index (χ4n) is 2.82. The second kappa shape index (κ2) is 6.70. The third kappa shape index (κ3) is 3.20. The van der Waals surface area contributed by atoms with E-state index in [1.165, 1.54) is 0 Å². The lowest BCUT2D eigenvalue weighted by atomic mass is 10.3. The first-order chi connectivity index (χ1) is 13.0. The van der Waals surface area contributed by atoms with Gasteiger partial charge < -0.3 is 5.32 Å². The number of anilines is 2. The van der Waals surface area contributed by atoms with Gasteiger partial charge in [0.2, 0.25) is 5.95 Å². The summed E-state index contributed by atoms with van der Waals surface area (Å²) >= 11 is 5.95. The minimum absolute atomic E-state index is 0.129. The van der Waals surface area contributed by atoms with Gasteiger partial charge in [-0.3, -0.25) is 4.85 Å². The van der Waals surface area contributed by atoms with Gasteiger partial charge in [0.05, 0.1) is 5.69 Å². The minimum Gasteiger partial charge on any atom is -0.324 e. The zero-order valence-electron chi connectivity index (χ0n) is 14.7. The number of aryl methyl sites for hydroxylation is 2. The maximum atomic E-state index is 7.15. The topological polar surface area (TPSA) is 77.8 Å². The van der Waals surface area contributed by atoms with Crippen LogP contribution in [0.25, 0.3) is 21.8 Å². The summed E-state index contributed by atoms with van der Waals surface area (Å²) < 4.78 is 3.42. The fourth-order valence-corrected chi connectivity index (χ4v) is 2.94. The van der Waals surface area contributed by atoms with Crippen LogP contribution in [0.2, 0.25) is 5.02 Å². The van der Waals surface area contributed by atoms with Crippen LogP contribution in [0.15, 0.2) is 36.7 Å². The van der Waals surface area contributed by atoms with Crippen molar-refractivity contribution in [2.24, 2.45) is 0 Å². The lowest BCUT2D eigenvalue weighted by Crippen LogP contribution is -2.08. The van der Waals surface area contributed by atoms with Crippen LogP contribution in [0.1, 0.15) is 11.4 Å². The maximum absolute atomic E-state index is 7.15. The standard InChI is InChI=1S/C18H15ClN8/c1-11-8-12(2)27(25-11)17-15-16(26(9-20-3)10-21-15)23-18(24-17)22-14-6-4-13(19)5-7-14/h4-8,10H,9H2,1-2H3,(H,22,23,24). The van der Waals surface area contributed by atoms with Gasteiger partial charge in [-0.15, -0.1) is 0 Å². The second-order valence-electron chi connectivity index (χ2n) is 6.03. The molecule has 1 N–H and O–H groups in total. The largest absolute Gasteiger partial charge is 0.324 e. The van der Waals surface area contributed by atoms with Crippen molar-refractivity contribution in [1.82, 2.24) is 29.3 Å². The Morgan fingerprint density at radius 2 is 1.96 bits per heavy atom. The average molecular weight is 379 g/mol. The molecular weight excluding hydrogens is 364 g/mol. The van der Waals surface area contributed by atoms with E-state index < -0.39 is 0 Å². The Morgan fingerprint density at radius 1 is 1.19 bits per heavy atom. The van der Waals surface area contributed by atoms with Crippen molar-refractivity contribution in [3.05, 3.63) is 64.5 Å². The molecule has 3 aromatic heterocycles. The summed E-state index contributed by atoms with van der Waals surface area (Å²) in [4.78, 5) is 17.0. The van der Waals surface area contributed by atoms with Crippen LogP contribution in [-0.2, 0) is 6.67 Å².